The van der Waals surface area contributed by atoms with Gasteiger partial charge in [0.15, 0.2) is 0 Å². The van der Waals surface area contributed by atoms with Crippen LogP contribution in [0.25, 0.3) is 0 Å². The summed E-state index contributed by atoms with van der Waals surface area (Å²) >= 11 is 0. The van der Waals surface area contributed by atoms with Crippen LogP contribution in [0.1, 0.15) is 91.9 Å². The van der Waals surface area contributed by atoms with E-state index in [0.717, 1.165) is 57.6 Å². The van der Waals surface area contributed by atoms with Crippen molar-refractivity contribution in [3.63, 3.8) is 0 Å². The van der Waals surface area contributed by atoms with Gasteiger partial charge >= 0.3 is 0 Å². The fourth-order valence-electron chi connectivity index (χ4n) is 9.75. The zero-order chi connectivity index (χ0) is 25.1. The fraction of sp³-hybridized carbons (Fsp3) is 0.963. The molecule has 11 atom stereocenters. The van der Waals surface area contributed by atoms with Crippen LogP contribution in [0.4, 0.5) is 0 Å². The van der Waals surface area contributed by atoms with Gasteiger partial charge in [0, 0.05) is 6.42 Å². The maximum Gasteiger partial charge on any atom is 0.233 e. The highest BCUT2D eigenvalue weighted by Crippen LogP contribution is 2.69. The maximum absolute atomic E-state index is 12.1. The van der Waals surface area contributed by atoms with Gasteiger partial charge in [-0.05, 0) is 104 Å². The molecule has 0 radical (unpaired) electrons. The molecule has 6 nitrogen and oxygen atoms in total. The van der Waals surface area contributed by atoms with Gasteiger partial charge in [-0.1, -0.05) is 34.1 Å². The number of carbonyl (C=O) groups excluding carboxylic acids is 1. The molecular weight excluding hydrogens is 450 g/mol. The first-order chi connectivity index (χ1) is 15.8. The SMILES string of the molecule is CC[C@H]1[C@@H](O)[C@@H]2[C@H](CC[C@]3(C)[C@@H]([C@H](C)CCC(=O)NS(C)(=O)=O)CC[C@@H]23)[C@@]2(C)CC[C@@H](O)C[C@@H]12. The largest absolute Gasteiger partial charge is 0.393 e. The first-order valence-electron chi connectivity index (χ1n) is 13.7. The fourth-order valence-corrected chi connectivity index (χ4v) is 10.3. The summed E-state index contributed by atoms with van der Waals surface area (Å²) in [5.74, 6) is 2.44. The Bertz CT molecular complexity index is 876. The van der Waals surface area contributed by atoms with Crippen LogP contribution in [0, 0.1) is 52.3 Å². The molecule has 0 heterocycles. The predicted octanol–water partition coefficient (Wildman–Crippen LogP) is 4.11. The van der Waals surface area contributed by atoms with Crippen molar-refractivity contribution in [2.75, 3.05) is 6.26 Å². The van der Waals surface area contributed by atoms with E-state index >= 15 is 0 Å². The van der Waals surface area contributed by atoms with Crippen LogP contribution in [0.5, 0.6) is 0 Å². The lowest BCUT2D eigenvalue weighted by atomic mass is 9.41. The van der Waals surface area contributed by atoms with E-state index in [2.05, 4.69) is 32.4 Å². The van der Waals surface area contributed by atoms with Crippen LogP contribution in [-0.2, 0) is 14.8 Å². The molecule has 3 N–H and O–H groups in total. The van der Waals surface area contributed by atoms with Crippen molar-refractivity contribution < 1.29 is 23.4 Å². The quantitative estimate of drug-likeness (QED) is 0.512. The summed E-state index contributed by atoms with van der Waals surface area (Å²) in [6.45, 7) is 9.34. The predicted molar refractivity (Wildman–Crippen MR) is 133 cm³/mol. The van der Waals surface area contributed by atoms with E-state index in [-0.39, 0.29) is 35.4 Å². The van der Waals surface area contributed by atoms with Crippen molar-refractivity contribution in [2.24, 2.45) is 52.3 Å². The molecule has 4 rings (SSSR count). The van der Waals surface area contributed by atoms with Crippen molar-refractivity contribution in [2.45, 2.75) is 104 Å². The standard InChI is InChI=1S/C27H47NO5S/c1-6-18-22-15-17(29)11-13-27(22,4)21-12-14-26(3)19(8-9-20(26)24(21)25(18)31)16(2)7-10-23(30)28-34(5,32)33/h16-22,24-25,29,31H,6-15H2,1-5H3,(H,28,30)/t16-,17-,18-,19-,20+,21+,22+,24+,25-,26-,27-/m1/s1. The molecule has 0 saturated heterocycles. The van der Waals surface area contributed by atoms with Gasteiger partial charge in [0.2, 0.25) is 15.9 Å². The molecule has 4 aliphatic rings. The van der Waals surface area contributed by atoms with Crippen molar-refractivity contribution in [1.82, 2.24) is 4.72 Å². The molecule has 0 aromatic rings. The molecule has 0 aliphatic heterocycles. The summed E-state index contributed by atoms with van der Waals surface area (Å²) < 4.78 is 24.8. The molecule has 196 valence electrons. The number of nitrogens with one attached hydrogen (secondary N) is 1. The second kappa shape index (κ2) is 9.33. The van der Waals surface area contributed by atoms with Crippen LogP contribution in [-0.4, -0.2) is 43.0 Å². The molecule has 4 aliphatic carbocycles. The van der Waals surface area contributed by atoms with E-state index in [1.54, 1.807) is 0 Å². The Hall–Kier alpha value is -0.660. The molecule has 4 fully saturated rings. The summed E-state index contributed by atoms with van der Waals surface area (Å²) in [5.41, 5.74) is 0.364. The zero-order valence-electron chi connectivity index (χ0n) is 21.8. The van der Waals surface area contributed by atoms with Gasteiger partial charge in [-0.3, -0.25) is 9.52 Å². The van der Waals surface area contributed by atoms with Crippen molar-refractivity contribution >= 4 is 15.9 Å². The molecule has 7 heteroatoms. The van der Waals surface area contributed by atoms with E-state index in [1.807, 2.05) is 0 Å². The lowest BCUT2D eigenvalue weighted by Gasteiger charge is -2.64. The molecule has 0 bridgehead atoms. The van der Waals surface area contributed by atoms with Crippen molar-refractivity contribution in [3.05, 3.63) is 0 Å². The van der Waals surface area contributed by atoms with Crippen LogP contribution < -0.4 is 4.72 Å². The van der Waals surface area contributed by atoms with E-state index < -0.39 is 15.9 Å². The van der Waals surface area contributed by atoms with Gasteiger partial charge in [0.05, 0.1) is 18.5 Å². The van der Waals surface area contributed by atoms with Gasteiger partial charge < -0.3 is 10.2 Å². The highest BCUT2D eigenvalue weighted by Gasteiger charge is 2.64. The second-order valence-corrected chi connectivity index (χ2v) is 14.7. The molecule has 4 saturated carbocycles. The van der Waals surface area contributed by atoms with Crippen LogP contribution >= 0.6 is 0 Å². The molecule has 0 aromatic carbocycles. The summed E-state index contributed by atoms with van der Waals surface area (Å²) in [7, 11) is -3.51. The third-order valence-corrected chi connectivity index (χ3v) is 11.9. The van der Waals surface area contributed by atoms with Crippen molar-refractivity contribution in [1.29, 1.82) is 0 Å². The molecule has 34 heavy (non-hydrogen) atoms. The summed E-state index contributed by atoms with van der Waals surface area (Å²) in [5, 5.41) is 22.2. The van der Waals surface area contributed by atoms with Gasteiger partial charge in [-0.2, -0.15) is 0 Å². The number of amides is 1. The van der Waals surface area contributed by atoms with Gasteiger partial charge in [-0.25, -0.2) is 8.42 Å². The molecule has 1 amide bonds. The minimum absolute atomic E-state index is 0.157. The number of hydrogen-bond donors (Lipinski definition) is 3. The van der Waals surface area contributed by atoms with E-state index in [1.165, 1.54) is 0 Å². The number of rotatable bonds is 6. The summed E-state index contributed by atoms with van der Waals surface area (Å²) in [6.07, 6.45) is 9.78. The average molecular weight is 498 g/mol. The number of carbonyl (C=O) groups is 1. The molecule has 0 aromatic heterocycles. The molecule has 0 unspecified atom stereocenters. The Labute approximate surface area is 206 Å². The highest BCUT2D eigenvalue weighted by atomic mass is 32.2. The second-order valence-electron chi connectivity index (χ2n) is 12.9. The van der Waals surface area contributed by atoms with Crippen molar-refractivity contribution in [3.8, 4) is 0 Å². The van der Waals surface area contributed by atoms with Crippen LogP contribution in [0.2, 0.25) is 0 Å². The lowest BCUT2D eigenvalue weighted by molar-refractivity contribution is -0.203. The number of sulfonamides is 1. The number of aliphatic hydroxyl groups is 2. The van der Waals surface area contributed by atoms with E-state index in [9.17, 15) is 23.4 Å². The normalized spacial score (nSPS) is 47.3. The number of hydrogen-bond acceptors (Lipinski definition) is 5. The highest BCUT2D eigenvalue weighted by molar-refractivity contribution is 7.89. The number of fused-ring (bicyclic) bond motifs is 5. The van der Waals surface area contributed by atoms with E-state index in [4.69, 9.17) is 0 Å². The lowest BCUT2D eigenvalue weighted by Crippen LogP contribution is -2.62. The van der Waals surface area contributed by atoms with Gasteiger partial charge in [0.1, 0.15) is 0 Å². The third-order valence-electron chi connectivity index (χ3n) is 11.3. The Morgan fingerprint density at radius 1 is 1.03 bits per heavy atom. The monoisotopic (exact) mass is 497 g/mol. The Balaban J connectivity index is 1.52. The van der Waals surface area contributed by atoms with Crippen LogP contribution in [0.3, 0.4) is 0 Å². The first-order valence-corrected chi connectivity index (χ1v) is 15.6. The minimum atomic E-state index is -3.51. The first kappa shape index (κ1) is 26.4. The third kappa shape index (κ3) is 4.47. The topological polar surface area (TPSA) is 104 Å². The summed E-state index contributed by atoms with van der Waals surface area (Å²) in [6, 6.07) is 0. The van der Waals surface area contributed by atoms with E-state index in [0.29, 0.717) is 41.9 Å². The van der Waals surface area contributed by atoms with Gasteiger partial charge in [0.25, 0.3) is 0 Å². The summed E-state index contributed by atoms with van der Waals surface area (Å²) in [4.78, 5) is 12.1. The molecule has 0 spiro atoms. The Morgan fingerprint density at radius 3 is 2.32 bits per heavy atom. The van der Waals surface area contributed by atoms with Crippen LogP contribution in [0.15, 0.2) is 0 Å². The Kier molecular flexibility index (Phi) is 7.25. The molecular formula is C27H47NO5S. The van der Waals surface area contributed by atoms with Gasteiger partial charge in [-0.15, -0.1) is 0 Å². The zero-order valence-corrected chi connectivity index (χ0v) is 22.6. The smallest absolute Gasteiger partial charge is 0.233 e. The minimum Gasteiger partial charge on any atom is -0.393 e. The number of aliphatic hydroxyl groups excluding tert-OH is 2. The maximum atomic E-state index is 12.1. The Morgan fingerprint density at radius 2 is 1.68 bits per heavy atom. The average Bonchev–Trinajstić information content (AvgIpc) is 3.09.